The summed E-state index contributed by atoms with van der Waals surface area (Å²) in [6.45, 7) is 4.89. The zero-order valence-electron chi connectivity index (χ0n) is 19.8. The third kappa shape index (κ3) is 5.08. The Bertz CT molecular complexity index is 1280. The van der Waals surface area contributed by atoms with Crippen molar-refractivity contribution >= 4 is 45.7 Å². The molecule has 0 atom stereocenters. The van der Waals surface area contributed by atoms with E-state index >= 15 is 0 Å². The maximum atomic E-state index is 12.6. The first-order chi connectivity index (χ1) is 16.2. The lowest BCUT2D eigenvalue weighted by Gasteiger charge is -2.37. The molecule has 1 aromatic carbocycles. The second-order valence-corrected chi connectivity index (χ2v) is 9.47. The topological polar surface area (TPSA) is 100 Å². The molecule has 0 radical (unpaired) electrons. The summed E-state index contributed by atoms with van der Waals surface area (Å²) in [7, 11) is 1.74. The maximum Gasteiger partial charge on any atom is 0.253 e. The summed E-state index contributed by atoms with van der Waals surface area (Å²) < 4.78 is 1.61. The van der Waals surface area contributed by atoms with Gasteiger partial charge in [0.05, 0.1) is 17.3 Å². The molecule has 34 heavy (non-hydrogen) atoms. The number of Topliss-reactive ketones (excluding diaryl/α,β-unsaturated/α-hetero) is 1. The number of carbonyl (C=O) groups is 1. The van der Waals surface area contributed by atoms with Crippen LogP contribution in [0, 0.1) is 0 Å². The van der Waals surface area contributed by atoms with Gasteiger partial charge in [0.2, 0.25) is 5.95 Å². The van der Waals surface area contributed by atoms with Crippen LogP contribution in [0.25, 0.3) is 10.9 Å². The molecule has 2 N–H and O–H groups in total. The van der Waals surface area contributed by atoms with Gasteiger partial charge < -0.3 is 24.7 Å². The summed E-state index contributed by atoms with van der Waals surface area (Å²) in [4.78, 5) is 35.1. The Kier molecular flexibility index (Phi) is 6.91. The molecule has 1 fully saturated rings. The Labute approximate surface area is 203 Å². The number of rotatable bonds is 7. The van der Waals surface area contributed by atoms with Crippen molar-refractivity contribution in [2.45, 2.75) is 51.6 Å². The number of hydrogen-bond donors (Lipinski definition) is 2. The first-order valence-corrected chi connectivity index (χ1v) is 12.0. The van der Waals surface area contributed by atoms with Gasteiger partial charge in [-0.25, -0.2) is 4.98 Å². The van der Waals surface area contributed by atoms with E-state index in [4.69, 9.17) is 11.6 Å². The molecule has 2 aromatic heterocycles. The second kappa shape index (κ2) is 9.72. The van der Waals surface area contributed by atoms with Crippen molar-refractivity contribution in [1.29, 1.82) is 0 Å². The molecular weight excluding hydrogens is 454 g/mol. The molecule has 4 rings (SSSR count). The highest BCUT2D eigenvalue weighted by Gasteiger charge is 2.31. The van der Waals surface area contributed by atoms with Gasteiger partial charge in [-0.15, -0.1) is 0 Å². The zero-order valence-corrected chi connectivity index (χ0v) is 20.5. The fraction of sp³-hybridized carbons (Fsp3) is 0.440. The van der Waals surface area contributed by atoms with Crippen LogP contribution in [-0.4, -0.2) is 44.1 Å². The zero-order chi connectivity index (χ0) is 24.5. The van der Waals surface area contributed by atoms with E-state index in [-0.39, 0.29) is 11.3 Å². The number of aromatic nitrogens is 3. The minimum absolute atomic E-state index is 0.0554. The van der Waals surface area contributed by atoms with Gasteiger partial charge in [0.25, 0.3) is 5.56 Å². The normalized spacial score (nSPS) is 15.5. The number of ketones is 1. The van der Waals surface area contributed by atoms with Crippen LogP contribution >= 0.6 is 11.6 Å². The lowest BCUT2D eigenvalue weighted by molar-refractivity contribution is -0.116. The van der Waals surface area contributed by atoms with Gasteiger partial charge in [-0.2, -0.15) is 4.98 Å². The average Bonchev–Trinajstić information content (AvgIpc) is 2.82. The summed E-state index contributed by atoms with van der Waals surface area (Å²) in [5.41, 5.74) is 1.48. The number of carbonyl (C=O) groups excluding carboxylic acids is 1. The van der Waals surface area contributed by atoms with Gasteiger partial charge in [0, 0.05) is 43.2 Å². The van der Waals surface area contributed by atoms with Crippen molar-refractivity contribution in [2.75, 3.05) is 23.3 Å². The highest BCUT2D eigenvalue weighted by Crippen LogP contribution is 2.30. The van der Waals surface area contributed by atoms with Crippen molar-refractivity contribution < 1.29 is 9.90 Å². The van der Waals surface area contributed by atoms with E-state index in [0.717, 1.165) is 23.0 Å². The molecule has 3 heterocycles. The molecule has 1 saturated heterocycles. The van der Waals surface area contributed by atoms with E-state index in [2.05, 4.69) is 20.2 Å². The highest BCUT2D eigenvalue weighted by molar-refractivity contribution is 6.32. The molecular formula is C25H30ClN5O3. The number of piperidine rings is 1. The predicted octanol–water partition coefficient (Wildman–Crippen LogP) is 3.99. The summed E-state index contributed by atoms with van der Waals surface area (Å²) >= 11 is 6.39. The van der Waals surface area contributed by atoms with Crippen LogP contribution < -0.4 is 15.8 Å². The summed E-state index contributed by atoms with van der Waals surface area (Å²) in [6.07, 6.45) is 4.42. The Balaban J connectivity index is 1.59. The molecule has 0 saturated carbocycles. The first kappa shape index (κ1) is 24.2. The van der Waals surface area contributed by atoms with E-state index in [0.29, 0.717) is 61.1 Å². The Hall–Kier alpha value is -2.97. The second-order valence-electron chi connectivity index (χ2n) is 9.07. The van der Waals surface area contributed by atoms with E-state index < -0.39 is 5.60 Å². The third-order valence-corrected chi connectivity index (χ3v) is 6.95. The fourth-order valence-corrected chi connectivity index (χ4v) is 4.47. The summed E-state index contributed by atoms with van der Waals surface area (Å²) in [5, 5.41) is 15.1. The van der Waals surface area contributed by atoms with Crippen LogP contribution in [0.15, 0.2) is 35.3 Å². The summed E-state index contributed by atoms with van der Waals surface area (Å²) in [6, 6.07) is 7.53. The molecule has 0 unspecified atom stereocenters. The monoisotopic (exact) mass is 483 g/mol. The van der Waals surface area contributed by atoms with Crippen molar-refractivity contribution in [1.82, 2.24) is 14.5 Å². The van der Waals surface area contributed by atoms with Crippen LogP contribution in [-0.2, 0) is 18.3 Å². The van der Waals surface area contributed by atoms with Crippen LogP contribution in [0.1, 0.15) is 45.1 Å². The lowest BCUT2D eigenvalue weighted by atomic mass is 9.89. The standard InChI is InChI=1S/C25H30ClN5O3/c1-4-25(34)9-11-31(12-10-25)24-27-15-20(26)22(29-24)28-19-7-8-21-18(14-19)13-17(6-5-16(2)32)23(33)30(21)3/h7-8,13-15,34H,4-6,9-12H2,1-3H3,(H,27,28,29). The molecule has 3 aromatic rings. The van der Waals surface area contributed by atoms with Crippen molar-refractivity contribution in [2.24, 2.45) is 7.05 Å². The van der Waals surface area contributed by atoms with Crippen molar-refractivity contribution in [3.8, 4) is 0 Å². The Morgan fingerprint density at radius 3 is 2.68 bits per heavy atom. The maximum absolute atomic E-state index is 12.6. The SMILES string of the molecule is CCC1(O)CCN(c2ncc(Cl)c(Nc3ccc4c(c3)cc(CCC(C)=O)c(=O)n4C)n2)CC1. The average molecular weight is 484 g/mol. The number of anilines is 3. The number of benzene rings is 1. The number of aliphatic hydroxyl groups is 1. The van der Waals surface area contributed by atoms with Gasteiger partial charge in [0.15, 0.2) is 5.82 Å². The molecule has 9 heteroatoms. The number of hydrogen-bond acceptors (Lipinski definition) is 7. The van der Waals surface area contributed by atoms with Crippen molar-refractivity contribution in [3.05, 3.63) is 51.4 Å². The van der Waals surface area contributed by atoms with Gasteiger partial charge >= 0.3 is 0 Å². The van der Waals surface area contributed by atoms with Gasteiger partial charge in [-0.3, -0.25) is 4.79 Å². The highest BCUT2D eigenvalue weighted by atomic mass is 35.5. The minimum Gasteiger partial charge on any atom is -0.390 e. The molecule has 1 aliphatic rings. The quantitative estimate of drug-likeness (QED) is 0.524. The largest absolute Gasteiger partial charge is 0.390 e. The number of aryl methyl sites for hydroxylation is 2. The van der Waals surface area contributed by atoms with Crippen LogP contribution in [0.3, 0.4) is 0 Å². The Morgan fingerprint density at radius 2 is 2.00 bits per heavy atom. The number of pyridine rings is 1. The van der Waals surface area contributed by atoms with Crippen LogP contribution in [0.4, 0.5) is 17.5 Å². The molecule has 0 spiro atoms. The van der Waals surface area contributed by atoms with E-state index in [1.165, 1.54) is 6.92 Å². The van der Waals surface area contributed by atoms with Crippen molar-refractivity contribution in [3.63, 3.8) is 0 Å². The molecule has 180 valence electrons. The third-order valence-electron chi connectivity index (χ3n) is 6.67. The van der Waals surface area contributed by atoms with Crippen LogP contribution in [0.5, 0.6) is 0 Å². The Morgan fingerprint density at radius 1 is 1.26 bits per heavy atom. The van der Waals surface area contributed by atoms with Crippen LogP contribution in [0.2, 0.25) is 5.02 Å². The van der Waals surface area contributed by atoms with Gasteiger partial charge in [0.1, 0.15) is 10.8 Å². The smallest absolute Gasteiger partial charge is 0.253 e. The summed E-state index contributed by atoms with van der Waals surface area (Å²) in [5.74, 6) is 1.11. The van der Waals surface area contributed by atoms with Gasteiger partial charge in [-0.05, 0) is 56.9 Å². The number of nitrogens with one attached hydrogen (secondary N) is 1. The van der Waals surface area contributed by atoms with E-state index in [1.807, 2.05) is 31.2 Å². The van der Waals surface area contributed by atoms with E-state index in [1.54, 1.807) is 17.8 Å². The lowest BCUT2D eigenvalue weighted by Crippen LogP contribution is -2.44. The minimum atomic E-state index is -0.613. The molecule has 1 aliphatic heterocycles. The molecule has 8 nitrogen and oxygen atoms in total. The number of halogens is 1. The molecule has 0 bridgehead atoms. The number of fused-ring (bicyclic) bond motifs is 1. The number of nitrogens with zero attached hydrogens (tertiary/aromatic N) is 4. The van der Waals surface area contributed by atoms with E-state index in [9.17, 15) is 14.7 Å². The first-order valence-electron chi connectivity index (χ1n) is 11.6. The predicted molar refractivity (Wildman–Crippen MR) is 135 cm³/mol. The fourth-order valence-electron chi connectivity index (χ4n) is 4.33. The molecule has 0 amide bonds. The molecule has 0 aliphatic carbocycles. The van der Waals surface area contributed by atoms with Gasteiger partial charge in [-0.1, -0.05) is 18.5 Å².